The maximum Gasteiger partial charge on any atom is 0.0517 e. The van der Waals surface area contributed by atoms with Crippen LogP contribution in [0.4, 0.5) is 5.69 Å². The molecule has 1 aromatic carbocycles. The Morgan fingerprint density at radius 1 is 0.800 bits per heavy atom. The zero-order chi connectivity index (χ0) is 14.6. The fraction of sp³-hybridized carbons (Fsp3) is 0.667. The van der Waals surface area contributed by atoms with Crippen molar-refractivity contribution in [3.63, 3.8) is 0 Å². The van der Waals surface area contributed by atoms with E-state index in [1.165, 1.54) is 63.4 Å². The summed E-state index contributed by atoms with van der Waals surface area (Å²) in [6.07, 6.45) is 12.2. The minimum Gasteiger partial charge on any atom is -0.311 e. The maximum absolute atomic E-state index is 6.07. The molecule has 0 heterocycles. The minimum absolute atomic E-state index is 0.957. The molecule has 0 atom stereocenters. The molecule has 0 aromatic heterocycles. The van der Waals surface area contributed by atoms with Crippen molar-refractivity contribution in [2.24, 2.45) is 5.84 Å². The summed E-state index contributed by atoms with van der Waals surface area (Å²) in [5, 5.41) is 1.88. The van der Waals surface area contributed by atoms with Crippen molar-refractivity contribution >= 4 is 5.69 Å². The molecule has 0 radical (unpaired) electrons. The molecule has 0 unspecified atom stereocenters. The quantitative estimate of drug-likeness (QED) is 0.342. The summed E-state index contributed by atoms with van der Waals surface area (Å²) < 4.78 is 0. The Bertz CT molecular complexity index is 332. The van der Waals surface area contributed by atoms with Crippen LogP contribution in [-0.4, -0.2) is 6.54 Å². The van der Waals surface area contributed by atoms with Crippen molar-refractivity contribution in [1.82, 2.24) is 0 Å². The number of nitrogens with zero attached hydrogens (tertiary/aromatic N) is 1. The molecule has 0 amide bonds. The second kappa shape index (κ2) is 10.7. The number of benzene rings is 1. The highest BCUT2D eigenvalue weighted by atomic mass is 15.4. The molecule has 2 nitrogen and oxygen atoms in total. The van der Waals surface area contributed by atoms with Gasteiger partial charge in [0.1, 0.15) is 0 Å². The predicted molar refractivity (Wildman–Crippen MR) is 89.9 cm³/mol. The van der Waals surface area contributed by atoms with Gasteiger partial charge in [-0.3, -0.25) is 0 Å². The smallest absolute Gasteiger partial charge is 0.0517 e. The highest BCUT2D eigenvalue weighted by Crippen LogP contribution is 2.14. The van der Waals surface area contributed by atoms with Crippen LogP contribution in [0, 0.1) is 6.92 Å². The van der Waals surface area contributed by atoms with Crippen molar-refractivity contribution in [3.8, 4) is 0 Å². The van der Waals surface area contributed by atoms with Crippen LogP contribution in [0.5, 0.6) is 0 Å². The molecule has 0 aliphatic carbocycles. The van der Waals surface area contributed by atoms with Gasteiger partial charge >= 0.3 is 0 Å². The summed E-state index contributed by atoms with van der Waals surface area (Å²) in [5.41, 5.74) is 2.40. The molecule has 2 N–H and O–H groups in total. The summed E-state index contributed by atoms with van der Waals surface area (Å²) in [5.74, 6) is 6.07. The van der Waals surface area contributed by atoms with Crippen LogP contribution in [-0.2, 0) is 0 Å². The molecule has 114 valence electrons. The van der Waals surface area contributed by atoms with Crippen LogP contribution >= 0.6 is 0 Å². The van der Waals surface area contributed by atoms with Gasteiger partial charge in [-0.1, -0.05) is 76.0 Å². The van der Waals surface area contributed by atoms with Gasteiger partial charge in [-0.05, 0) is 25.5 Å². The standard InChI is InChI=1S/C18H32N2/c1-3-4-5-6-7-8-9-10-11-16-20(19)18-14-12-17(2)13-15-18/h12-15H,3-11,16,19H2,1-2H3. The molecule has 20 heavy (non-hydrogen) atoms. The summed E-state index contributed by atoms with van der Waals surface area (Å²) in [6.45, 7) is 5.33. The monoisotopic (exact) mass is 276 g/mol. The topological polar surface area (TPSA) is 29.3 Å². The first kappa shape index (κ1) is 17.0. The van der Waals surface area contributed by atoms with Gasteiger partial charge in [0.05, 0.1) is 5.69 Å². The van der Waals surface area contributed by atoms with Gasteiger partial charge < -0.3 is 5.01 Å². The Morgan fingerprint density at radius 3 is 1.85 bits per heavy atom. The number of hydrogen-bond donors (Lipinski definition) is 1. The summed E-state index contributed by atoms with van der Waals surface area (Å²) in [7, 11) is 0. The van der Waals surface area contributed by atoms with Crippen LogP contribution in [0.2, 0.25) is 0 Å². The van der Waals surface area contributed by atoms with Crippen molar-refractivity contribution in [2.75, 3.05) is 11.6 Å². The highest BCUT2D eigenvalue weighted by molar-refractivity contribution is 5.45. The molecular weight excluding hydrogens is 244 g/mol. The number of hydrogen-bond acceptors (Lipinski definition) is 2. The number of nitrogens with two attached hydrogens (primary N) is 1. The van der Waals surface area contributed by atoms with E-state index < -0.39 is 0 Å². The molecule has 0 aliphatic heterocycles. The SMILES string of the molecule is CCCCCCCCCCCN(N)c1ccc(C)cc1. The van der Waals surface area contributed by atoms with Crippen LogP contribution in [0.15, 0.2) is 24.3 Å². The van der Waals surface area contributed by atoms with E-state index in [2.05, 4.69) is 38.1 Å². The second-order valence-electron chi connectivity index (χ2n) is 5.86. The first-order chi connectivity index (χ1) is 9.74. The van der Waals surface area contributed by atoms with Gasteiger partial charge in [0.15, 0.2) is 0 Å². The molecule has 0 fully saturated rings. The third-order valence-electron chi connectivity index (χ3n) is 3.87. The lowest BCUT2D eigenvalue weighted by atomic mass is 10.1. The Hall–Kier alpha value is -1.02. The largest absolute Gasteiger partial charge is 0.311 e. The Labute approximate surface area is 125 Å². The number of unbranched alkanes of at least 4 members (excludes halogenated alkanes) is 8. The van der Waals surface area contributed by atoms with E-state index in [0.29, 0.717) is 0 Å². The van der Waals surface area contributed by atoms with E-state index in [4.69, 9.17) is 5.84 Å². The lowest BCUT2D eigenvalue weighted by Gasteiger charge is -2.18. The van der Waals surface area contributed by atoms with E-state index in [0.717, 1.165) is 12.2 Å². The first-order valence-electron chi connectivity index (χ1n) is 8.33. The number of rotatable bonds is 11. The summed E-state index contributed by atoms with van der Waals surface area (Å²) in [4.78, 5) is 0. The fourth-order valence-electron chi connectivity index (χ4n) is 2.46. The molecule has 0 aliphatic rings. The van der Waals surface area contributed by atoms with Gasteiger partial charge in [0, 0.05) is 6.54 Å². The predicted octanol–water partition coefficient (Wildman–Crippen LogP) is 5.21. The Morgan fingerprint density at radius 2 is 1.30 bits per heavy atom. The first-order valence-corrected chi connectivity index (χ1v) is 8.33. The van der Waals surface area contributed by atoms with E-state index in [1.54, 1.807) is 0 Å². The van der Waals surface area contributed by atoms with Gasteiger partial charge in [0.2, 0.25) is 0 Å². The molecule has 1 aromatic rings. The normalized spacial score (nSPS) is 10.8. The number of hydrazine groups is 1. The van der Waals surface area contributed by atoms with Gasteiger partial charge in [-0.15, -0.1) is 0 Å². The van der Waals surface area contributed by atoms with Gasteiger partial charge in [0.25, 0.3) is 0 Å². The third-order valence-corrected chi connectivity index (χ3v) is 3.87. The molecular formula is C18H32N2. The lowest BCUT2D eigenvalue weighted by Crippen LogP contribution is -2.31. The van der Waals surface area contributed by atoms with Crippen LogP contribution in [0.3, 0.4) is 0 Å². The molecule has 2 heteroatoms. The van der Waals surface area contributed by atoms with Crippen molar-refractivity contribution in [1.29, 1.82) is 0 Å². The number of anilines is 1. The van der Waals surface area contributed by atoms with Crippen molar-refractivity contribution in [3.05, 3.63) is 29.8 Å². The highest BCUT2D eigenvalue weighted by Gasteiger charge is 2.00. The maximum atomic E-state index is 6.07. The molecule has 0 saturated heterocycles. The molecule has 0 bridgehead atoms. The van der Waals surface area contributed by atoms with Crippen molar-refractivity contribution < 1.29 is 0 Å². The molecule has 0 saturated carbocycles. The average molecular weight is 276 g/mol. The number of aryl methyl sites for hydroxylation is 1. The lowest BCUT2D eigenvalue weighted by molar-refractivity contribution is 0.563. The zero-order valence-electron chi connectivity index (χ0n) is 13.4. The van der Waals surface area contributed by atoms with E-state index >= 15 is 0 Å². The Kier molecular flexibility index (Phi) is 9.14. The minimum atomic E-state index is 0.957. The fourth-order valence-corrected chi connectivity index (χ4v) is 2.46. The van der Waals surface area contributed by atoms with Crippen LogP contribution in [0.1, 0.15) is 70.3 Å². The van der Waals surface area contributed by atoms with Crippen LogP contribution < -0.4 is 10.9 Å². The second-order valence-corrected chi connectivity index (χ2v) is 5.86. The third kappa shape index (κ3) is 7.54. The van der Waals surface area contributed by atoms with Gasteiger partial charge in [-0.2, -0.15) is 0 Å². The van der Waals surface area contributed by atoms with Crippen molar-refractivity contribution in [2.45, 2.75) is 71.6 Å². The Balaban J connectivity index is 1.99. The van der Waals surface area contributed by atoms with E-state index in [9.17, 15) is 0 Å². The average Bonchev–Trinajstić information content (AvgIpc) is 2.46. The zero-order valence-corrected chi connectivity index (χ0v) is 13.4. The van der Waals surface area contributed by atoms with Gasteiger partial charge in [-0.25, -0.2) is 5.84 Å². The summed E-state index contributed by atoms with van der Waals surface area (Å²) >= 11 is 0. The molecule has 0 spiro atoms. The van der Waals surface area contributed by atoms with Crippen LogP contribution in [0.25, 0.3) is 0 Å². The van der Waals surface area contributed by atoms with E-state index in [1.807, 2.05) is 5.01 Å². The summed E-state index contributed by atoms with van der Waals surface area (Å²) in [6, 6.07) is 8.43. The molecule has 1 rings (SSSR count). The van der Waals surface area contributed by atoms with E-state index in [-0.39, 0.29) is 0 Å².